The number of rotatable bonds is 5. The quantitative estimate of drug-likeness (QED) is 0.881. The van der Waals surface area contributed by atoms with Gasteiger partial charge in [-0.05, 0) is 30.5 Å². The van der Waals surface area contributed by atoms with Gasteiger partial charge in [-0.2, -0.15) is 0 Å². The van der Waals surface area contributed by atoms with Gasteiger partial charge in [0.2, 0.25) is 0 Å². The highest BCUT2D eigenvalue weighted by Crippen LogP contribution is 2.29. The van der Waals surface area contributed by atoms with Crippen LogP contribution in [-0.4, -0.2) is 17.3 Å². The van der Waals surface area contributed by atoms with Gasteiger partial charge in [0.25, 0.3) is 0 Å². The van der Waals surface area contributed by atoms with Crippen molar-refractivity contribution in [3.8, 4) is 0 Å². The lowest BCUT2D eigenvalue weighted by Gasteiger charge is -2.33. The molecule has 0 amide bonds. The first-order valence-electron chi connectivity index (χ1n) is 7.81. The van der Waals surface area contributed by atoms with Crippen molar-refractivity contribution < 1.29 is 9.52 Å². The summed E-state index contributed by atoms with van der Waals surface area (Å²) in [6.07, 6.45) is 6.95. The monoisotopic (exact) mass is 285 g/mol. The summed E-state index contributed by atoms with van der Waals surface area (Å²) < 4.78 is 5.58. The second kappa shape index (κ2) is 6.46. The normalized spacial score (nSPS) is 19.3. The van der Waals surface area contributed by atoms with Crippen LogP contribution in [0.3, 0.4) is 0 Å². The van der Waals surface area contributed by atoms with E-state index < -0.39 is 5.60 Å². The topological polar surface area (TPSA) is 45.4 Å². The molecule has 1 aliphatic rings. The summed E-state index contributed by atoms with van der Waals surface area (Å²) in [7, 11) is 0. The molecule has 0 aliphatic heterocycles. The van der Waals surface area contributed by atoms with Gasteiger partial charge in [0.1, 0.15) is 5.76 Å². The predicted molar refractivity (Wildman–Crippen MR) is 83.0 cm³/mol. The van der Waals surface area contributed by atoms with Crippen LogP contribution in [0.15, 0.2) is 53.1 Å². The van der Waals surface area contributed by atoms with E-state index in [1.165, 1.54) is 6.42 Å². The first-order chi connectivity index (χ1) is 10.3. The number of benzene rings is 1. The van der Waals surface area contributed by atoms with Gasteiger partial charge < -0.3 is 14.8 Å². The fraction of sp³-hybridized carbons (Fsp3) is 0.444. The molecule has 1 heterocycles. The van der Waals surface area contributed by atoms with Crippen molar-refractivity contribution in [2.45, 2.75) is 43.7 Å². The number of hydrogen-bond acceptors (Lipinski definition) is 3. The maximum absolute atomic E-state index is 10.7. The van der Waals surface area contributed by atoms with Gasteiger partial charge in [0, 0.05) is 6.54 Å². The molecule has 3 rings (SSSR count). The van der Waals surface area contributed by atoms with Crippen LogP contribution in [0.4, 0.5) is 0 Å². The SMILES string of the molecule is OC1(CNC(c2ccccc2)c2ccco2)CCCCC1. The zero-order valence-corrected chi connectivity index (χ0v) is 12.3. The van der Waals surface area contributed by atoms with Gasteiger partial charge in [-0.25, -0.2) is 0 Å². The Morgan fingerprint density at radius 1 is 1.05 bits per heavy atom. The molecule has 112 valence electrons. The third-order valence-electron chi connectivity index (χ3n) is 4.38. The Hall–Kier alpha value is -1.58. The minimum absolute atomic E-state index is 0.00727. The van der Waals surface area contributed by atoms with Crippen LogP contribution in [-0.2, 0) is 0 Å². The number of hydrogen-bond donors (Lipinski definition) is 2. The Morgan fingerprint density at radius 3 is 2.48 bits per heavy atom. The summed E-state index contributed by atoms with van der Waals surface area (Å²) >= 11 is 0. The fourth-order valence-electron chi connectivity index (χ4n) is 3.16. The van der Waals surface area contributed by atoms with E-state index in [-0.39, 0.29) is 6.04 Å². The molecule has 1 aromatic carbocycles. The third-order valence-corrected chi connectivity index (χ3v) is 4.38. The Balaban J connectivity index is 1.74. The minimum Gasteiger partial charge on any atom is -0.467 e. The highest BCUT2D eigenvalue weighted by Gasteiger charge is 2.30. The molecule has 0 radical (unpaired) electrons. The van der Waals surface area contributed by atoms with Crippen LogP contribution in [0.1, 0.15) is 49.5 Å². The van der Waals surface area contributed by atoms with E-state index in [4.69, 9.17) is 4.42 Å². The van der Waals surface area contributed by atoms with Crippen molar-refractivity contribution in [2.75, 3.05) is 6.54 Å². The molecule has 2 N–H and O–H groups in total. The van der Waals surface area contributed by atoms with Crippen molar-refractivity contribution in [1.29, 1.82) is 0 Å². The number of furan rings is 1. The van der Waals surface area contributed by atoms with Crippen LogP contribution in [0.25, 0.3) is 0 Å². The standard InChI is InChI=1S/C18H23NO2/c20-18(11-5-2-6-12-18)14-19-17(16-10-7-13-21-16)15-8-3-1-4-9-15/h1,3-4,7-10,13,17,19-20H,2,5-6,11-12,14H2. The van der Waals surface area contributed by atoms with E-state index in [1.807, 2.05) is 30.3 Å². The van der Waals surface area contributed by atoms with Gasteiger partial charge >= 0.3 is 0 Å². The molecule has 1 saturated carbocycles. The molecule has 1 fully saturated rings. The highest BCUT2D eigenvalue weighted by molar-refractivity contribution is 5.26. The molecule has 0 spiro atoms. The summed E-state index contributed by atoms with van der Waals surface area (Å²) in [5.74, 6) is 0.889. The van der Waals surface area contributed by atoms with E-state index in [1.54, 1.807) is 6.26 Å². The van der Waals surface area contributed by atoms with E-state index in [0.29, 0.717) is 6.54 Å². The smallest absolute Gasteiger partial charge is 0.125 e. The molecule has 0 bridgehead atoms. The van der Waals surface area contributed by atoms with Crippen molar-refractivity contribution >= 4 is 0 Å². The van der Waals surface area contributed by atoms with Crippen LogP contribution in [0.2, 0.25) is 0 Å². The van der Waals surface area contributed by atoms with Crippen LogP contribution in [0, 0.1) is 0 Å². The van der Waals surface area contributed by atoms with Gasteiger partial charge in [-0.1, -0.05) is 49.6 Å². The van der Waals surface area contributed by atoms with Gasteiger partial charge in [0.05, 0.1) is 17.9 Å². The van der Waals surface area contributed by atoms with Gasteiger partial charge in [-0.3, -0.25) is 0 Å². The lowest BCUT2D eigenvalue weighted by atomic mass is 9.84. The summed E-state index contributed by atoms with van der Waals surface area (Å²) in [5, 5.41) is 14.2. The van der Waals surface area contributed by atoms with E-state index in [2.05, 4.69) is 17.4 Å². The maximum Gasteiger partial charge on any atom is 0.125 e. The molecule has 2 aromatic rings. The minimum atomic E-state index is -0.572. The molecule has 1 aromatic heterocycles. The maximum atomic E-state index is 10.7. The Labute approximate surface area is 126 Å². The third kappa shape index (κ3) is 3.55. The lowest BCUT2D eigenvalue weighted by molar-refractivity contribution is 0.00309. The van der Waals surface area contributed by atoms with E-state index in [0.717, 1.165) is 37.0 Å². The Morgan fingerprint density at radius 2 is 1.81 bits per heavy atom. The van der Waals surface area contributed by atoms with Gasteiger partial charge in [0.15, 0.2) is 0 Å². The first kappa shape index (κ1) is 14.4. The molecule has 3 nitrogen and oxygen atoms in total. The van der Waals surface area contributed by atoms with Crippen LogP contribution < -0.4 is 5.32 Å². The van der Waals surface area contributed by atoms with Crippen molar-refractivity contribution in [1.82, 2.24) is 5.32 Å². The van der Waals surface area contributed by atoms with Gasteiger partial charge in [-0.15, -0.1) is 0 Å². The predicted octanol–water partition coefficient (Wildman–Crippen LogP) is 3.65. The summed E-state index contributed by atoms with van der Waals surface area (Å²) in [4.78, 5) is 0. The fourth-order valence-corrected chi connectivity index (χ4v) is 3.16. The molecule has 1 aliphatic carbocycles. The molecular formula is C18H23NO2. The van der Waals surface area contributed by atoms with Crippen molar-refractivity contribution in [3.63, 3.8) is 0 Å². The largest absolute Gasteiger partial charge is 0.467 e. The molecular weight excluding hydrogens is 262 g/mol. The number of nitrogens with one attached hydrogen (secondary N) is 1. The lowest BCUT2D eigenvalue weighted by Crippen LogP contribution is -2.43. The zero-order chi connectivity index (χ0) is 14.5. The van der Waals surface area contributed by atoms with Crippen molar-refractivity contribution in [3.05, 3.63) is 60.1 Å². The Bertz CT molecular complexity index is 530. The summed E-state index contributed by atoms with van der Waals surface area (Å²) in [6.45, 7) is 0.604. The average Bonchev–Trinajstić information content (AvgIpc) is 3.03. The molecule has 1 unspecified atom stereocenters. The Kier molecular flexibility index (Phi) is 4.42. The van der Waals surface area contributed by atoms with Crippen LogP contribution >= 0.6 is 0 Å². The zero-order valence-electron chi connectivity index (χ0n) is 12.3. The molecule has 1 atom stereocenters. The molecule has 0 saturated heterocycles. The molecule has 21 heavy (non-hydrogen) atoms. The van der Waals surface area contributed by atoms with E-state index >= 15 is 0 Å². The second-order valence-corrected chi connectivity index (χ2v) is 6.03. The summed E-state index contributed by atoms with van der Waals surface area (Å²) in [5.41, 5.74) is 0.588. The first-order valence-corrected chi connectivity index (χ1v) is 7.81. The molecule has 3 heteroatoms. The van der Waals surface area contributed by atoms with Crippen molar-refractivity contribution in [2.24, 2.45) is 0 Å². The van der Waals surface area contributed by atoms with Crippen LogP contribution in [0.5, 0.6) is 0 Å². The summed E-state index contributed by atoms with van der Waals surface area (Å²) in [6, 6.07) is 14.1. The highest BCUT2D eigenvalue weighted by atomic mass is 16.3. The second-order valence-electron chi connectivity index (χ2n) is 6.03. The van der Waals surface area contributed by atoms with E-state index in [9.17, 15) is 5.11 Å². The average molecular weight is 285 g/mol. The number of aliphatic hydroxyl groups is 1.